The minimum absolute atomic E-state index is 0.147. The van der Waals surface area contributed by atoms with Gasteiger partial charge in [0.1, 0.15) is 17.4 Å². The molecule has 0 aliphatic carbocycles. The summed E-state index contributed by atoms with van der Waals surface area (Å²) in [6.45, 7) is 6.49. The van der Waals surface area contributed by atoms with Gasteiger partial charge in [0.2, 0.25) is 5.91 Å². The zero-order valence-electron chi connectivity index (χ0n) is 20.4. The molecule has 0 radical (unpaired) electrons. The molecule has 10 heteroatoms. The maximum Gasteiger partial charge on any atom is 0.270 e. The highest BCUT2D eigenvalue weighted by Gasteiger charge is 2.24. The number of benzene rings is 1. The van der Waals surface area contributed by atoms with Crippen LogP contribution in [-0.2, 0) is 11.3 Å². The van der Waals surface area contributed by atoms with E-state index in [1.807, 2.05) is 24.5 Å². The molecule has 2 amide bonds. The van der Waals surface area contributed by atoms with Crippen LogP contribution >= 0.6 is 0 Å². The van der Waals surface area contributed by atoms with Gasteiger partial charge in [-0.15, -0.1) is 0 Å². The van der Waals surface area contributed by atoms with Crippen LogP contribution in [0.25, 0.3) is 33.5 Å². The standard InChI is InChI=1S/C26H30N8O2/c1-3-27-11-17-12-28-13-19(15(17)2)16-7-8-20-18(10-16)23(34-33-20)24-30-14-22(31-24)26(36)32-21-6-4-5-9-29-25(21)35/h7-8,10,12-14,21,27H,3-6,9,11H2,1-2H3,(H,29,35)(H,30,31)(H,32,36)(H,33,34). The number of amides is 2. The second-order valence-corrected chi connectivity index (χ2v) is 9.04. The van der Waals surface area contributed by atoms with Crippen molar-refractivity contribution in [2.24, 2.45) is 0 Å². The van der Waals surface area contributed by atoms with Crippen LogP contribution in [0.3, 0.4) is 0 Å². The van der Waals surface area contributed by atoms with E-state index >= 15 is 0 Å². The van der Waals surface area contributed by atoms with E-state index in [1.165, 1.54) is 11.8 Å². The van der Waals surface area contributed by atoms with Crippen LogP contribution in [0.5, 0.6) is 0 Å². The molecule has 1 aliphatic heterocycles. The molecular weight excluding hydrogens is 456 g/mol. The van der Waals surface area contributed by atoms with Gasteiger partial charge in [0.15, 0.2) is 5.82 Å². The maximum absolute atomic E-state index is 12.8. The molecule has 10 nitrogen and oxygen atoms in total. The SMILES string of the molecule is CCNCc1cncc(-c2ccc3[nH]nc(-c4ncc(C(=O)NC5CCCCNC5=O)[nH]4)c3c2)c1C. The van der Waals surface area contributed by atoms with Crippen LogP contribution in [0.2, 0.25) is 0 Å². The van der Waals surface area contributed by atoms with Crippen molar-refractivity contribution in [2.45, 2.75) is 45.7 Å². The topological polar surface area (TPSA) is 140 Å². The molecule has 1 fully saturated rings. The van der Waals surface area contributed by atoms with Crippen molar-refractivity contribution in [2.75, 3.05) is 13.1 Å². The van der Waals surface area contributed by atoms with E-state index in [2.05, 4.69) is 61.0 Å². The molecule has 4 heterocycles. The van der Waals surface area contributed by atoms with Crippen molar-refractivity contribution in [1.82, 2.24) is 41.1 Å². The summed E-state index contributed by atoms with van der Waals surface area (Å²) in [6, 6.07) is 5.55. The highest BCUT2D eigenvalue weighted by atomic mass is 16.2. The van der Waals surface area contributed by atoms with Crippen molar-refractivity contribution in [3.63, 3.8) is 0 Å². The molecule has 1 atom stereocenters. The molecule has 1 aliphatic rings. The van der Waals surface area contributed by atoms with E-state index < -0.39 is 6.04 Å². The number of aromatic nitrogens is 5. The first-order valence-corrected chi connectivity index (χ1v) is 12.3. The Kier molecular flexibility index (Phi) is 6.77. The second-order valence-electron chi connectivity index (χ2n) is 9.04. The van der Waals surface area contributed by atoms with Crippen LogP contribution < -0.4 is 16.0 Å². The quantitative estimate of drug-likeness (QED) is 0.272. The van der Waals surface area contributed by atoms with Gasteiger partial charge in [0.05, 0.1) is 11.7 Å². The van der Waals surface area contributed by atoms with Crippen molar-refractivity contribution >= 4 is 22.7 Å². The summed E-state index contributed by atoms with van der Waals surface area (Å²) in [7, 11) is 0. The predicted octanol–water partition coefficient (Wildman–Crippen LogP) is 2.83. The Morgan fingerprint density at radius 1 is 1.19 bits per heavy atom. The predicted molar refractivity (Wildman–Crippen MR) is 137 cm³/mol. The van der Waals surface area contributed by atoms with Gasteiger partial charge in [0.25, 0.3) is 5.91 Å². The summed E-state index contributed by atoms with van der Waals surface area (Å²) in [5.41, 5.74) is 6.18. The molecule has 0 saturated carbocycles. The first-order chi connectivity index (χ1) is 17.5. The van der Waals surface area contributed by atoms with Crippen LogP contribution in [-0.4, -0.2) is 56.1 Å². The molecule has 186 valence electrons. The molecule has 36 heavy (non-hydrogen) atoms. The molecule has 3 aromatic heterocycles. The first-order valence-electron chi connectivity index (χ1n) is 12.3. The number of H-pyrrole nitrogens is 2. The van der Waals surface area contributed by atoms with Gasteiger partial charge in [-0.05, 0) is 61.6 Å². The normalized spacial score (nSPS) is 16.1. The lowest BCUT2D eigenvalue weighted by atomic mass is 9.98. The molecule has 5 rings (SSSR count). The lowest BCUT2D eigenvalue weighted by Crippen LogP contribution is -2.45. The lowest BCUT2D eigenvalue weighted by molar-refractivity contribution is -0.122. The van der Waals surface area contributed by atoms with Gasteiger partial charge < -0.3 is 20.9 Å². The second kappa shape index (κ2) is 10.3. The van der Waals surface area contributed by atoms with E-state index in [1.54, 1.807) is 0 Å². The smallest absolute Gasteiger partial charge is 0.270 e. The highest BCUT2D eigenvalue weighted by Crippen LogP contribution is 2.31. The van der Waals surface area contributed by atoms with E-state index in [0.717, 1.165) is 53.5 Å². The number of hydrogen-bond donors (Lipinski definition) is 5. The van der Waals surface area contributed by atoms with Gasteiger partial charge in [-0.25, -0.2) is 4.98 Å². The van der Waals surface area contributed by atoms with E-state index in [9.17, 15) is 9.59 Å². The Bertz CT molecular complexity index is 1410. The number of nitrogens with zero attached hydrogens (tertiary/aromatic N) is 3. The van der Waals surface area contributed by atoms with Gasteiger partial charge in [-0.2, -0.15) is 5.10 Å². The van der Waals surface area contributed by atoms with Crippen molar-refractivity contribution in [1.29, 1.82) is 0 Å². The number of fused-ring (bicyclic) bond motifs is 1. The van der Waals surface area contributed by atoms with E-state index in [0.29, 0.717) is 24.5 Å². The number of hydrogen-bond acceptors (Lipinski definition) is 6. The molecule has 1 unspecified atom stereocenters. The van der Waals surface area contributed by atoms with E-state index in [-0.39, 0.29) is 17.5 Å². The molecule has 0 bridgehead atoms. The number of rotatable bonds is 7. The third-order valence-electron chi connectivity index (χ3n) is 6.64. The maximum atomic E-state index is 12.8. The Hall–Kier alpha value is -4.05. The fraction of sp³-hybridized carbons (Fsp3) is 0.346. The van der Waals surface area contributed by atoms with Gasteiger partial charge in [0, 0.05) is 36.4 Å². The zero-order chi connectivity index (χ0) is 25.1. The van der Waals surface area contributed by atoms with Gasteiger partial charge >= 0.3 is 0 Å². The van der Waals surface area contributed by atoms with E-state index in [4.69, 9.17) is 0 Å². The third-order valence-corrected chi connectivity index (χ3v) is 6.64. The largest absolute Gasteiger partial charge is 0.354 e. The summed E-state index contributed by atoms with van der Waals surface area (Å²) in [5, 5.41) is 17.4. The minimum atomic E-state index is -0.541. The molecule has 1 saturated heterocycles. The first kappa shape index (κ1) is 23.7. The Morgan fingerprint density at radius 3 is 2.94 bits per heavy atom. The summed E-state index contributed by atoms with van der Waals surface area (Å²) in [5.74, 6) is -0.0362. The zero-order valence-corrected chi connectivity index (χ0v) is 20.4. The third kappa shape index (κ3) is 4.72. The molecular formula is C26H30N8O2. The average molecular weight is 487 g/mol. The van der Waals surface area contributed by atoms with Crippen LogP contribution in [0, 0.1) is 6.92 Å². The van der Waals surface area contributed by atoms with Crippen molar-refractivity contribution in [3.8, 4) is 22.6 Å². The molecule has 5 N–H and O–H groups in total. The summed E-state index contributed by atoms with van der Waals surface area (Å²) < 4.78 is 0. The van der Waals surface area contributed by atoms with Gasteiger partial charge in [-0.3, -0.25) is 19.7 Å². The molecule has 0 spiro atoms. The number of carbonyl (C=O) groups excluding carboxylic acids is 2. The van der Waals surface area contributed by atoms with Crippen LogP contribution in [0.15, 0.2) is 36.8 Å². The van der Waals surface area contributed by atoms with Gasteiger partial charge in [-0.1, -0.05) is 13.0 Å². The average Bonchev–Trinajstić information content (AvgIpc) is 3.49. The Labute approximate surface area is 208 Å². The number of pyridine rings is 1. The number of carbonyl (C=O) groups is 2. The van der Waals surface area contributed by atoms with Crippen LogP contribution in [0.4, 0.5) is 0 Å². The van der Waals surface area contributed by atoms with Crippen molar-refractivity contribution < 1.29 is 9.59 Å². The fourth-order valence-corrected chi connectivity index (χ4v) is 4.53. The van der Waals surface area contributed by atoms with Crippen molar-refractivity contribution in [3.05, 3.63) is 53.6 Å². The number of nitrogens with one attached hydrogen (secondary N) is 5. The Morgan fingerprint density at radius 2 is 2.08 bits per heavy atom. The Balaban J connectivity index is 1.42. The fourth-order valence-electron chi connectivity index (χ4n) is 4.53. The monoisotopic (exact) mass is 486 g/mol. The number of imidazole rings is 1. The molecule has 1 aromatic carbocycles. The summed E-state index contributed by atoms with van der Waals surface area (Å²) in [4.78, 5) is 36.9. The minimum Gasteiger partial charge on any atom is -0.354 e. The summed E-state index contributed by atoms with van der Waals surface area (Å²) in [6.07, 6.45) is 7.67. The lowest BCUT2D eigenvalue weighted by Gasteiger charge is -2.14. The van der Waals surface area contributed by atoms with Crippen LogP contribution in [0.1, 0.15) is 47.8 Å². The molecule has 4 aromatic rings. The highest BCUT2D eigenvalue weighted by molar-refractivity contribution is 5.98. The summed E-state index contributed by atoms with van der Waals surface area (Å²) >= 11 is 0. The number of aromatic amines is 2.